The Balaban J connectivity index is 1.99. The molecule has 0 unspecified atom stereocenters. The SMILES string of the molecule is Cc1ccc2ccccc2c1C=NS(=O)(=O)c1ccc(C(C)(C)C)cc1. The lowest BCUT2D eigenvalue weighted by atomic mass is 9.87. The van der Waals surface area contributed by atoms with Crippen LogP contribution in [0.25, 0.3) is 10.8 Å². The van der Waals surface area contributed by atoms with Crippen molar-refractivity contribution in [2.24, 2.45) is 4.40 Å². The van der Waals surface area contributed by atoms with Gasteiger partial charge in [-0.1, -0.05) is 69.3 Å². The molecule has 0 amide bonds. The van der Waals surface area contributed by atoms with Crippen LogP contribution in [0, 0.1) is 6.92 Å². The molecule has 3 aromatic rings. The normalized spacial score (nSPS) is 12.8. The van der Waals surface area contributed by atoms with Crippen LogP contribution < -0.4 is 0 Å². The predicted octanol–water partition coefficient (Wildman–Crippen LogP) is 5.25. The van der Waals surface area contributed by atoms with Gasteiger partial charge in [0.15, 0.2) is 0 Å². The van der Waals surface area contributed by atoms with Crippen LogP contribution in [0.3, 0.4) is 0 Å². The summed E-state index contributed by atoms with van der Waals surface area (Å²) in [5.74, 6) is 0. The molecule has 0 spiro atoms. The molecule has 0 saturated heterocycles. The molecule has 0 saturated carbocycles. The third kappa shape index (κ3) is 3.70. The minimum atomic E-state index is -3.74. The van der Waals surface area contributed by atoms with E-state index in [-0.39, 0.29) is 10.3 Å². The molecule has 26 heavy (non-hydrogen) atoms. The second-order valence-corrected chi connectivity index (χ2v) is 9.13. The van der Waals surface area contributed by atoms with Crippen molar-refractivity contribution in [3.05, 3.63) is 77.4 Å². The summed E-state index contributed by atoms with van der Waals surface area (Å²) in [6, 6.07) is 18.9. The first-order chi connectivity index (χ1) is 12.2. The fourth-order valence-electron chi connectivity index (χ4n) is 2.89. The maximum absolute atomic E-state index is 12.6. The van der Waals surface area contributed by atoms with Gasteiger partial charge in [-0.05, 0) is 46.4 Å². The van der Waals surface area contributed by atoms with Crippen molar-refractivity contribution in [3.63, 3.8) is 0 Å². The molecule has 0 heterocycles. The average molecular weight is 365 g/mol. The van der Waals surface area contributed by atoms with Gasteiger partial charge in [0.1, 0.15) is 0 Å². The Hall–Kier alpha value is -2.46. The summed E-state index contributed by atoms with van der Waals surface area (Å²) in [6.07, 6.45) is 1.46. The molecule has 0 N–H and O–H groups in total. The highest BCUT2D eigenvalue weighted by Crippen LogP contribution is 2.25. The van der Waals surface area contributed by atoms with Gasteiger partial charge in [0, 0.05) is 11.8 Å². The first kappa shape index (κ1) is 18.3. The minimum absolute atomic E-state index is 0.0222. The summed E-state index contributed by atoms with van der Waals surface area (Å²) in [5, 5.41) is 2.06. The predicted molar refractivity (Wildman–Crippen MR) is 109 cm³/mol. The second kappa shape index (κ2) is 6.69. The van der Waals surface area contributed by atoms with Crippen molar-refractivity contribution in [1.82, 2.24) is 0 Å². The summed E-state index contributed by atoms with van der Waals surface area (Å²) in [4.78, 5) is 0.208. The van der Waals surface area contributed by atoms with E-state index < -0.39 is 10.0 Å². The van der Waals surface area contributed by atoms with Gasteiger partial charge in [0.25, 0.3) is 10.0 Å². The maximum atomic E-state index is 12.6. The van der Waals surface area contributed by atoms with Crippen LogP contribution in [0.15, 0.2) is 70.0 Å². The van der Waals surface area contributed by atoms with E-state index in [0.29, 0.717) is 0 Å². The van der Waals surface area contributed by atoms with Crippen LogP contribution >= 0.6 is 0 Å². The first-order valence-electron chi connectivity index (χ1n) is 8.58. The zero-order chi connectivity index (χ0) is 18.9. The van der Waals surface area contributed by atoms with Crippen LogP contribution in [0.2, 0.25) is 0 Å². The van der Waals surface area contributed by atoms with Crippen LogP contribution in [-0.2, 0) is 15.4 Å². The van der Waals surface area contributed by atoms with Gasteiger partial charge in [-0.25, -0.2) is 0 Å². The summed E-state index contributed by atoms with van der Waals surface area (Å²) < 4.78 is 29.2. The monoisotopic (exact) mass is 365 g/mol. The smallest absolute Gasteiger partial charge is 0.199 e. The van der Waals surface area contributed by atoms with Crippen molar-refractivity contribution in [3.8, 4) is 0 Å². The van der Waals surface area contributed by atoms with Crippen LogP contribution in [0.4, 0.5) is 0 Å². The zero-order valence-electron chi connectivity index (χ0n) is 15.5. The Morgan fingerprint density at radius 2 is 1.54 bits per heavy atom. The number of fused-ring (bicyclic) bond motifs is 1. The van der Waals surface area contributed by atoms with Gasteiger partial charge >= 0.3 is 0 Å². The van der Waals surface area contributed by atoms with E-state index in [9.17, 15) is 8.42 Å². The fourth-order valence-corrected chi connectivity index (χ4v) is 3.73. The molecule has 134 valence electrons. The van der Waals surface area contributed by atoms with Gasteiger partial charge in [-0.2, -0.15) is 12.8 Å². The number of sulfonamides is 1. The molecular formula is C22H23NO2S. The van der Waals surface area contributed by atoms with Crippen molar-refractivity contribution in [1.29, 1.82) is 0 Å². The highest BCUT2D eigenvalue weighted by molar-refractivity contribution is 7.90. The van der Waals surface area contributed by atoms with Crippen LogP contribution in [0.1, 0.15) is 37.5 Å². The van der Waals surface area contributed by atoms with Crippen molar-refractivity contribution < 1.29 is 8.42 Å². The Morgan fingerprint density at radius 3 is 2.19 bits per heavy atom. The molecule has 0 atom stereocenters. The number of aryl methyl sites for hydroxylation is 1. The standard InChI is InChI=1S/C22H23NO2S/c1-16-9-10-17-7-5-6-8-20(17)21(16)15-23-26(24,25)19-13-11-18(12-14-19)22(2,3)4/h5-15H,1-4H3. The highest BCUT2D eigenvalue weighted by Gasteiger charge is 2.17. The Morgan fingerprint density at radius 1 is 0.885 bits per heavy atom. The lowest BCUT2D eigenvalue weighted by Crippen LogP contribution is -2.11. The zero-order valence-corrected chi connectivity index (χ0v) is 16.3. The number of hydrogen-bond donors (Lipinski definition) is 0. The van der Waals surface area contributed by atoms with Gasteiger partial charge in [-0.3, -0.25) is 0 Å². The average Bonchev–Trinajstić information content (AvgIpc) is 2.60. The van der Waals surface area contributed by atoms with Crippen molar-refractivity contribution >= 4 is 27.0 Å². The van der Waals surface area contributed by atoms with Crippen molar-refractivity contribution in [2.45, 2.75) is 38.0 Å². The van der Waals surface area contributed by atoms with E-state index in [1.807, 2.05) is 55.5 Å². The summed E-state index contributed by atoms with van der Waals surface area (Å²) in [6.45, 7) is 8.24. The van der Waals surface area contributed by atoms with Gasteiger partial charge in [0.05, 0.1) is 4.90 Å². The number of rotatable bonds is 3. The molecule has 0 bridgehead atoms. The number of hydrogen-bond acceptors (Lipinski definition) is 2. The van der Waals surface area contributed by atoms with E-state index in [1.165, 1.54) is 6.21 Å². The fraction of sp³-hybridized carbons (Fsp3) is 0.227. The Bertz CT molecular complexity index is 1070. The minimum Gasteiger partial charge on any atom is -0.199 e. The van der Waals surface area contributed by atoms with E-state index in [1.54, 1.807) is 12.1 Å². The van der Waals surface area contributed by atoms with E-state index in [0.717, 1.165) is 27.5 Å². The highest BCUT2D eigenvalue weighted by atomic mass is 32.2. The van der Waals surface area contributed by atoms with Gasteiger partial charge in [0.2, 0.25) is 0 Å². The molecule has 0 fully saturated rings. The third-order valence-electron chi connectivity index (χ3n) is 4.53. The molecule has 0 aromatic heterocycles. The number of nitrogens with zero attached hydrogens (tertiary/aromatic N) is 1. The lowest BCUT2D eigenvalue weighted by Gasteiger charge is -2.18. The summed E-state index contributed by atoms with van der Waals surface area (Å²) in [7, 11) is -3.74. The quantitative estimate of drug-likeness (QED) is 0.595. The third-order valence-corrected chi connectivity index (χ3v) is 5.78. The van der Waals surface area contributed by atoms with Gasteiger partial charge < -0.3 is 0 Å². The lowest BCUT2D eigenvalue weighted by molar-refractivity contribution is 0.587. The van der Waals surface area contributed by atoms with E-state index >= 15 is 0 Å². The molecule has 3 aromatic carbocycles. The molecule has 0 aliphatic rings. The van der Waals surface area contributed by atoms with Crippen LogP contribution in [-0.4, -0.2) is 14.6 Å². The molecule has 0 aliphatic carbocycles. The maximum Gasteiger partial charge on any atom is 0.282 e. The Kier molecular flexibility index (Phi) is 4.72. The number of benzene rings is 3. The molecule has 3 rings (SSSR count). The Labute approximate surface area is 155 Å². The van der Waals surface area contributed by atoms with E-state index in [2.05, 4.69) is 25.2 Å². The largest absolute Gasteiger partial charge is 0.282 e. The summed E-state index contributed by atoms with van der Waals surface area (Å²) in [5.41, 5.74) is 2.89. The molecule has 4 heteroatoms. The van der Waals surface area contributed by atoms with Crippen LogP contribution in [0.5, 0.6) is 0 Å². The summed E-state index contributed by atoms with van der Waals surface area (Å²) >= 11 is 0. The van der Waals surface area contributed by atoms with Gasteiger partial charge in [-0.15, -0.1) is 0 Å². The van der Waals surface area contributed by atoms with E-state index in [4.69, 9.17) is 0 Å². The molecule has 3 nitrogen and oxygen atoms in total. The second-order valence-electron chi connectivity index (χ2n) is 7.50. The van der Waals surface area contributed by atoms with Crippen molar-refractivity contribution in [2.75, 3.05) is 0 Å². The molecule has 0 radical (unpaired) electrons. The molecular weight excluding hydrogens is 342 g/mol. The topological polar surface area (TPSA) is 46.5 Å². The first-order valence-corrected chi connectivity index (χ1v) is 10.0. The molecule has 0 aliphatic heterocycles.